The normalized spacial score (nSPS) is 11.3. The third-order valence-electron chi connectivity index (χ3n) is 6.30. The van der Waals surface area contributed by atoms with Gasteiger partial charge in [0.15, 0.2) is 5.36 Å². The highest BCUT2D eigenvalue weighted by Gasteiger charge is 2.31. The van der Waals surface area contributed by atoms with E-state index in [1.807, 2.05) is 0 Å². The van der Waals surface area contributed by atoms with Gasteiger partial charge in [-0.3, -0.25) is 0 Å². The molecule has 0 aliphatic heterocycles. The summed E-state index contributed by atoms with van der Waals surface area (Å²) < 4.78 is 0. The second-order valence-electron chi connectivity index (χ2n) is 8.01. The van der Waals surface area contributed by atoms with Gasteiger partial charge in [0, 0.05) is 32.7 Å². The molecule has 0 saturated carbocycles. The molecule has 0 bridgehead atoms. The van der Waals surface area contributed by atoms with Crippen LogP contribution < -0.4 is 10.7 Å². The van der Waals surface area contributed by atoms with Crippen molar-refractivity contribution in [1.82, 2.24) is 0 Å². The van der Waals surface area contributed by atoms with Crippen LogP contribution in [-0.2, 0) is 0 Å². The smallest absolute Gasteiger partial charge is 0.206 e. The van der Waals surface area contributed by atoms with Crippen LogP contribution in [0, 0.1) is 58.6 Å². The van der Waals surface area contributed by atoms with Crippen LogP contribution >= 0.6 is 0 Å². The summed E-state index contributed by atoms with van der Waals surface area (Å²) in [5, 5.41) is 45.4. The maximum atomic E-state index is 10.4. The molecular weight excluding hydrogens is 472 g/mol. The lowest BCUT2D eigenvalue weighted by Gasteiger charge is -2.03. The van der Waals surface area contributed by atoms with Crippen LogP contribution in [-0.4, -0.2) is 0 Å². The van der Waals surface area contributed by atoms with E-state index in [1.165, 1.54) is 0 Å². The predicted octanol–water partition coefficient (Wildman–Crippen LogP) is 5.49. The van der Waals surface area contributed by atoms with Crippen molar-refractivity contribution in [1.29, 1.82) is 21.0 Å². The summed E-state index contributed by atoms with van der Waals surface area (Å²) in [6.45, 7) is 15.4. The van der Waals surface area contributed by atoms with E-state index in [1.54, 1.807) is 66.9 Å². The van der Waals surface area contributed by atoms with Gasteiger partial charge >= 0.3 is 0 Å². The molecule has 0 radical (unpaired) electrons. The van der Waals surface area contributed by atoms with Crippen molar-refractivity contribution in [2.24, 2.45) is 10.1 Å². The number of hydrogen-bond acceptors (Lipinski definition) is 6. The zero-order valence-corrected chi connectivity index (χ0v) is 19.4. The van der Waals surface area contributed by atoms with Crippen molar-refractivity contribution in [3.05, 3.63) is 111 Å². The SMILES string of the molecule is [C-]#[N+]/N=c1/c(-c2ccccc2)c(C#N)c2c(C#N)c3c(=NC#N)c(-c4ccccc4)c([N+]#[C-])c3c(C#N)c12. The summed E-state index contributed by atoms with van der Waals surface area (Å²) >= 11 is 0. The molecule has 5 aromatic rings. The predicted molar refractivity (Wildman–Crippen MR) is 138 cm³/mol. The first-order valence-electron chi connectivity index (χ1n) is 11.0. The van der Waals surface area contributed by atoms with Crippen LogP contribution in [0.2, 0.25) is 0 Å². The molecule has 8 heteroatoms. The van der Waals surface area contributed by atoms with Crippen molar-refractivity contribution < 1.29 is 0 Å². The van der Waals surface area contributed by atoms with E-state index in [9.17, 15) is 21.0 Å². The van der Waals surface area contributed by atoms with Crippen LogP contribution in [0.25, 0.3) is 53.6 Å². The van der Waals surface area contributed by atoms with Crippen molar-refractivity contribution in [3.8, 4) is 46.7 Å². The summed E-state index contributed by atoms with van der Waals surface area (Å²) in [4.78, 5) is 10.9. The van der Waals surface area contributed by atoms with Crippen LogP contribution in [0.1, 0.15) is 16.7 Å². The molecule has 0 atom stereocenters. The Morgan fingerprint density at radius 1 is 0.605 bits per heavy atom. The van der Waals surface area contributed by atoms with E-state index in [0.29, 0.717) is 22.3 Å². The number of benzene rings is 3. The van der Waals surface area contributed by atoms with Crippen LogP contribution in [0.5, 0.6) is 0 Å². The van der Waals surface area contributed by atoms with E-state index >= 15 is 0 Å². The summed E-state index contributed by atoms with van der Waals surface area (Å²) in [5.74, 6) is 0. The maximum absolute atomic E-state index is 10.4. The van der Waals surface area contributed by atoms with Gasteiger partial charge in [0.25, 0.3) is 0 Å². The highest BCUT2D eigenvalue weighted by atomic mass is 15.2. The van der Waals surface area contributed by atoms with Crippen molar-refractivity contribution >= 4 is 27.2 Å². The molecule has 5 aromatic carbocycles. The van der Waals surface area contributed by atoms with Crippen LogP contribution in [0.4, 0.5) is 5.69 Å². The lowest BCUT2D eigenvalue weighted by Crippen LogP contribution is -2.06. The van der Waals surface area contributed by atoms with Crippen LogP contribution in [0.15, 0.2) is 70.8 Å². The standard InChI is InChI=1S/C30H10N8/c1-35-28-23(18-11-7-4-8-12-18)29(37-16-34)27-20(14-32)24-19(13-31)22(17-9-5-3-6-10-17)30(38-36-2)25(24)21(15-33)26(27)28/h3-12H/b37-29?,38-30-. The molecule has 0 unspecified atom stereocenters. The van der Waals surface area contributed by atoms with E-state index in [2.05, 4.69) is 38.1 Å². The highest BCUT2D eigenvalue weighted by molar-refractivity contribution is 6.21. The second-order valence-corrected chi connectivity index (χ2v) is 8.01. The quantitative estimate of drug-likeness (QED) is 0.187. The fourth-order valence-corrected chi connectivity index (χ4v) is 4.96. The Morgan fingerprint density at radius 2 is 1.13 bits per heavy atom. The summed E-state index contributed by atoms with van der Waals surface area (Å²) in [6.07, 6.45) is 1.76. The first kappa shape index (κ1) is 23.2. The molecule has 0 aliphatic carbocycles. The second kappa shape index (κ2) is 9.23. The van der Waals surface area contributed by atoms with E-state index in [-0.39, 0.29) is 54.6 Å². The van der Waals surface area contributed by atoms with Gasteiger partial charge in [0.1, 0.15) is 12.1 Å². The third-order valence-corrected chi connectivity index (χ3v) is 6.30. The highest BCUT2D eigenvalue weighted by Crippen LogP contribution is 2.44. The van der Waals surface area contributed by atoms with Crippen molar-refractivity contribution in [3.63, 3.8) is 0 Å². The molecule has 0 heterocycles. The fraction of sp³-hybridized carbons (Fsp3) is 0. The minimum Gasteiger partial charge on any atom is -0.237 e. The Kier molecular flexibility index (Phi) is 5.63. The molecule has 38 heavy (non-hydrogen) atoms. The minimum absolute atomic E-state index is 0.0161. The average Bonchev–Trinajstić information content (AvgIpc) is 3.46. The van der Waals surface area contributed by atoms with Gasteiger partial charge in [0.05, 0.1) is 39.8 Å². The minimum atomic E-state index is -0.0183. The molecule has 0 aromatic heterocycles. The van der Waals surface area contributed by atoms with Gasteiger partial charge in [-0.25, -0.2) is 4.85 Å². The molecule has 0 amide bonds. The molecule has 0 fully saturated rings. The largest absolute Gasteiger partial charge is 0.237 e. The van der Waals surface area contributed by atoms with E-state index < -0.39 is 0 Å². The van der Waals surface area contributed by atoms with Crippen molar-refractivity contribution in [2.45, 2.75) is 0 Å². The molecule has 0 spiro atoms. The van der Waals surface area contributed by atoms with E-state index in [4.69, 9.17) is 13.1 Å². The van der Waals surface area contributed by atoms with Crippen LogP contribution in [0.3, 0.4) is 0 Å². The van der Waals surface area contributed by atoms with Gasteiger partial charge in [0.2, 0.25) is 11.9 Å². The number of nitriles is 4. The number of rotatable bonds is 2. The zero-order chi connectivity index (χ0) is 26.8. The molecule has 8 nitrogen and oxygen atoms in total. The Balaban J connectivity index is 2.23. The van der Waals surface area contributed by atoms with Gasteiger partial charge < -0.3 is 0 Å². The zero-order valence-electron chi connectivity index (χ0n) is 19.4. The molecule has 170 valence electrons. The fourth-order valence-electron chi connectivity index (χ4n) is 4.96. The molecule has 0 saturated heterocycles. The first-order chi connectivity index (χ1) is 18.7. The lowest BCUT2D eigenvalue weighted by atomic mass is 9.95. The summed E-state index contributed by atoms with van der Waals surface area (Å²) in [6, 6.07) is 24.0. The Hall–Kier alpha value is -6.58. The molecule has 0 N–H and O–H groups in total. The van der Waals surface area contributed by atoms with Gasteiger partial charge in [-0.05, 0) is 11.1 Å². The number of nitrogens with zero attached hydrogens (tertiary/aromatic N) is 8. The van der Waals surface area contributed by atoms with Gasteiger partial charge in [-0.2, -0.15) is 32.6 Å². The molecular formula is C30H10N8. The lowest BCUT2D eigenvalue weighted by molar-refractivity contribution is 1.36. The van der Waals surface area contributed by atoms with E-state index in [0.717, 1.165) is 0 Å². The van der Waals surface area contributed by atoms with Gasteiger partial charge in [-0.1, -0.05) is 60.7 Å². The average molecular weight is 482 g/mol. The Morgan fingerprint density at radius 3 is 1.63 bits per heavy atom. The number of hydrogen-bond donors (Lipinski definition) is 0. The summed E-state index contributed by atoms with van der Waals surface area (Å²) in [7, 11) is 0. The Bertz CT molecular complexity index is 2010. The third kappa shape index (κ3) is 3.11. The van der Waals surface area contributed by atoms with Crippen molar-refractivity contribution in [2.75, 3.05) is 0 Å². The van der Waals surface area contributed by atoms with Gasteiger partial charge in [-0.15, -0.1) is 4.95 Å². The monoisotopic (exact) mass is 482 g/mol. The molecule has 5 rings (SSSR count). The maximum Gasteiger partial charge on any atom is 0.206 e. The first-order valence-corrected chi connectivity index (χ1v) is 11.0. The Labute approximate surface area is 216 Å². The number of fused-ring (bicyclic) bond motifs is 2. The summed E-state index contributed by atoms with van der Waals surface area (Å²) in [5.41, 5.74) is 1.85. The topological polar surface area (TPSA) is 129 Å². The molecule has 0 aliphatic rings.